The molecule has 0 heterocycles. The Kier molecular flexibility index (Phi) is 14.1. The van der Waals surface area contributed by atoms with E-state index in [-0.39, 0.29) is 36.5 Å². The van der Waals surface area contributed by atoms with E-state index in [0.717, 1.165) is 25.5 Å². The Morgan fingerprint density at radius 3 is 1.94 bits per heavy atom. The molecule has 0 radical (unpaired) electrons. The van der Waals surface area contributed by atoms with Crippen LogP contribution in [-0.4, -0.2) is 39.6 Å². The van der Waals surface area contributed by atoms with E-state index in [0.29, 0.717) is 44.3 Å². The summed E-state index contributed by atoms with van der Waals surface area (Å²) in [4.78, 5) is 12.5. The van der Waals surface area contributed by atoms with E-state index in [2.05, 4.69) is 90.4 Å². The highest BCUT2D eigenvalue weighted by Gasteiger charge is 2.16. The SMILES string of the molecule is CC(O)CCCC(O)CCCC(C)OC(=O)Cc1cc(I)c(Oc2cc(I)c(O)c(I)c2)c(I)c1. The summed E-state index contributed by atoms with van der Waals surface area (Å²) in [6.07, 6.45) is 3.58. The van der Waals surface area contributed by atoms with Crippen LogP contribution >= 0.6 is 90.4 Å². The van der Waals surface area contributed by atoms with E-state index in [1.54, 1.807) is 19.1 Å². The third-order valence-corrected chi connectivity index (χ3v) is 8.50. The predicted octanol–water partition coefficient (Wildman–Crippen LogP) is 7.16. The fourth-order valence-corrected chi connectivity index (χ4v) is 7.29. The van der Waals surface area contributed by atoms with Crippen molar-refractivity contribution >= 4 is 96.3 Å². The Balaban J connectivity index is 1.85. The van der Waals surface area contributed by atoms with Crippen LogP contribution in [0.3, 0.4) is 0 Å². The molecule has 6 nitrogen and oxygen atoms in total. The van der Waals surface area contributed by atoms with Gasteiger partial charge in [0.25, 0.3) is 0 Å². The van der Waals surface area contributed by atoms with E-state index in [1.165, 1.54) is 0 Å². The standard InChI is InChI=1S/C25H30I4O6/c1-14(30)5-3-7-17(31)8-4-6-15(2)34-23(32)11-16-9-21(28)25(22(29)10-16)35-18-12-19(26)24(33)20(27)13-18/h9-10,12-15,17,30-31,33H,3-8,11H2,1-2H3. The van der Waals surface area contributed by atoms with Gasteiger partial charge in [0.05, 0.1) is 39.0 Å². The number of aliphatic hydroxyl groups excluding tert-OH is 2. The number of benzene rings is 2. The molecule has 2 rings (SSSR count). The Bertz CT molecular complexity index is 952. The summed E-state index contributed by atoms with van der Waals surface area (Å²) in [6, 6.07) is 7.41. The molecule has 0 spiro atoms. The monoisotopic (exact) mass is 934 g/mol. The summed E-state index contributed by atoms with van der Waals surface area (Å²) in [5, 5.41) is 29.3. The molecule has 3 atom stereocenters. The van der Waals surface area contributed by atoms with Crippen LogP contribution < -0.4 is 4.74 Å². The number of phenolic OH excluding ortho intramolecular Hbond substituents is 1. The molecule has 0 aliphatic carbocycles. The van der Waals surface area contributed by atoms with Gasteiger partial charge in [-0.3, -0.25) is 4.79 Å². The van der Waals surface area contributed by atoms with Crippen LogP contribution in [0.5, 0.6) is 17.2 Å². The van der Waals surface area contributed by atoms with Gasteiger partial charge in [0, 0.05) is 0 Å². The molecular formula is C25H30I4O6. The van der Waals surface area contributed by atoms with Gasteiger partial charge in [-0.05, 0) is 173 Å². The summed E-state index contributed by atoms with van der Waals surface area (Å²) in [5.41, 5.74) is 0.853. The van der Waals surface area contributed by atoms with Gasteiger partial charge in [-0.25, -0.2) is 0 Å². The van der Waals surface area contributed by atoms with Crippen molar-refractivity contribution in [2.45, 2.75) is 77.1 Å². The van der Waals surface area contributed by atoms with Gasteiger partial charge in [0.15, 0.2) is 5.75 Å². The van der Waals surface area contributed by atoms with Gasteiger partial charge in [-0.1, -0.05) is 0 Å². The molecule has 3 N–H and O–H groups in total. The first-order chi connectivity index (χ1) is 16.5. The fourth-order valence-electron chi connectivity index (χ4n) is 3.46. The number of hydrogen-bond acceptors (Lipinski definition) is 6. The molecule has 0 aliphatic rings. The first-order valence-corrected chi connectivity index (χ1v) is 15.7. The van der Waals surface area contributed by atoms with Gasteiger partial charge in [-0.2, -0.15) is 0 Å². The van der Waals surface area contributed by atoms with Crippen LogP contribution in [0, 0.1) is 14.3 Å². The third-order valence-electron chi connectivity index (χ3n) is 5.26. The van der Waals surface area contributed by atoms with Crippen LogP contribution in [0.15, 0.2) is 24.3 Å². The maximum Gasteiger partial charge on any atom is 0.310 e. The highest BCUT2D eigenvalue weighted by Crippen LogP contribution is 2.37. The topological polar surface area (TPSA) is 96.2 Å². The Hall–Kier alpha value is 0.350. The molecule has 194 valence electrons. The molecule has 10 heteroatoms. The van der Waals surface area contributed by atoms with Gasteiger partial charge < -0.3 is 24.8 Å². The minimum absolute atomic E-state index is 0.174. The molecule has 2 aromatic rings. The van der Waals surface area contributed by atoms with Crippen LogP contribution in [-0.2, 0) is 16.0 Å². The summed E-state index contributed by atoms with van der Waals surface area (Å²) in [7, 11) is 0. The van der Waals surface area contributed by atoms with Crippen LogP contribution in [0.4, 0.5) is 0 Å². The summed E-state index contributed by atoms with van der Waals surface area (Å²) in [5.74, 6) is 1.32. The lowest BCUT2D eigenvalue weighted by Crippen LogP contribution is -2.17. The molecule has 0 saturated carbocycles. The zero-order valence-corrected chi connectivity index (χ0v) is 28.2. The van der Waals surface area contributed by atoms with Crippen molar-refractivity contribution in [1.82, 2.24) is 0 Å². The predicted molar refractivity (Wildman–Crippen MR) is 170 cm³/mol. The van der Waals surface area contributed by atoms with Crippen molar-refractivity contribution in [2.75, 3.05) is 0 Å². The number of halogens is 4. The van der Waals surface area contributed by atoms with Gasteiger partial charge in [0.1, 0.15) is 11.5 Å². The van der Waals surface area contributed by atoms with Crippen molar-refractivity contribution in [1.29, 1.82) is 0 Å². The second-order valence-corrected chi connectivity index (χ2v) is 13.2. The molecule has 0 aliphatic heterocycles. The van der Waals surface area contributed by atoms with Gasteiger partial charge >= 0.3 is 5.97 Å². The molecule has 35 heavy (non-hydrogen) atoms. The average Bonchev–Trinajstić information content (AvgIpc) is 2.74. The molecule has 3 unspecified atom stereocenters. The first-order valence-electron chi connectivity index (χ1n) is 11.4. The van der Waals surface area contributed by atoms with Crippen LogP contribution in [0.2, 0.25) is 0 Å². The number of carbonyl (C=O) groups excluding carboxylic acids is 1. The van der Waals surface area contributed by atoms with E-state index >= 15 is 0 Å². The highest BCUT2D eigenvalue weighted by atomic mass is 127. The van der Waals surface area contributed by atoms with Crippen molar-refractivity contribution in [2.24, 2.45) is 0 Å². The van der Waals surface area contributed by atoms with Gasteiger partial charge in [0.2, 0.25) is 0 Å². The number of aromatic hydroxyl groups is 1. The minimum Gasteiger partial charge on any atom is -0.506 e. The Morgan fingerprint density at radius 1 is 0.857 bits per heavy atom. The van der Waals surface area contributed by atoms with Gasteiger partial charge in [-0.15, -0.1) is 0 Å². The summed E-state index contributed by atoms with van der Waals surface area (Å²) in [6.45, 7) is 3.63. The summed E-state index contributed by atoms with van der Waals surface area (Å²) < 4.78 is 14.9. The number of aliphatic hydroxyl groups is 2. The fraction of sp³-hybridized carbons (Fsp3) is 0.480. The summed E-state index contributed by atoms with van der Waals surface area (Å²) >= 11 is 8.54. The van der Waals surface area contributed by atoms with E-state index in [4.69, 9.17) is 9.47 Å². The van der Waals surface area contributed by atoms with Crippen molar-refractivity contribution in [3.8, 4) is 17.2 Å². The maximum absolute atomic E-state index is 12.5. The normalized spacial score (nSPS) is 13.8. The molecule has 0 bridgehead atoms. The van der Waals surface area contributed by atoms with Crippen LogP contribution in [0.1, 0.15) is 57.9 Å². The van der Waals surface area contributed by atoms with E-state index in [9.17, 15) is 20.1 Å². The molecule has 0 saturated heterocycles. The molecule has 0 fully saturated rings. The quantitative estimate of drug-likeness (QED) is 0.146. The molecule has 2 aromatic carbocycles. The lowest BCUT2D eigenvalue weighted by atomic mass is 10.0. The largest absolute Gasteiger partial charge is 0.506 e. The smallest absolute Gasteiger partial charge is 0.310 e. The first kappa shape index (κ1) is 31.6. The molecular weight excluding hydrogens is 904 g/mol. The maximum atomic E-state index is 12.5. The zero-order valence-electron chi connectivity index (χ0n) is 19.6. The number of ether oxygens (including phenoxy) is 2. The van der Waals surface area contributed by atoms with Crippen molar-refractivity contribution in [3.05, 3.63) is 44.1 Å². The Morgan fingerprint density at radius 2 is 1.40 bits per heavy atom. The van der Waals surface area contributed by atoms with Crippen molar-refractivity contribution < 1.29 is 29.6 Å². The Labute approximate surface area is 261 Å². The second kappa shape index (κ2) is 15.7. The lowest BCUT2D eigenvalue weighted by molar-refractivity contribution is -0.147. The molecule has 0 amide bonds. The van der Waals surface area contributed by atoms with E-state index in [1.807, 2.05) is 19.1 Å². The highest BCUT2D eigenvalue weighted by molar-refractivity contribution is 14.1. The second-order valence-electron chi connectivity index (χ2n) is 8.57. The number of phenols is 1. The number of hydrogen-bond donors (Lipinski definition) is 3. The van der Waals surface area contributed by atoms with E-state index < -0.39 is 0 Å². The number of rotatable bonds is 13. The third kappa shape index (κ3) is 11.3. The lowest BCUT2D eigenvalue weighted by Gasteiger charge is -2.16. The van der Waals surface area contributed by atoms with Crippen molar-refractivity contribution in [3.63, 3.8) is 0 Å². The minimum atomic E-state index is -0.380. The average molecular weight is 934 g/mol. The van der Waals surface area contributed by atoms with Crippen LogP contribution in [0.25, 0.3) is 0 Å². The number of carbonyl (C=O) groups is 1. The molecule has 0 aromatic heterocycles. The zero-order chi connectivity index (χ0) is 26.1. The number of esters is 1.